The summed E-state index contributed by atoms with van der Waals surface area (Å²) in [5, 5.41) is 10.1. The van der Waals surface area contributed by atoms with Crippen molar-refractivity contribution in [2.45, 2.75) is 90.4 Å². The van der Waals surface area contributed by atoms with Gasteiger partial charge in [0, 0.05) is 18.9 Å². The molecule has 4 heteroatoms. The molecule has 0 radical (unpaired) electrons. The first-order valence-corrected chi connectivity index (χ1v) is 9.47. The summed E-state index contributed by atoms with van der Waals surface area (Å²) in [6.07, 6.45) is 13.5. The monoisotopic (exact) mass is 336 g/mol. The van der Waals surface area contributed by atoms with E-state index in [1.165, 1.54) is 12.8 Å². The van der Waals surface area contributed by atoms with Gasteiger partial charge in [-0.3, -0.25) is 0 Å². The largest absolute Gasteiger partial charge is 0.507 e. The van der Waals surface area contributed by atoms with E-state index >= 15 is 0 Å². The van der Waals surface area contributed by atoms with Crippen LogP contribution in [0.3, 0.4) is 0 Å². The Kier molecular flexibility index (Phi) is 10.9. The molecule has 1 N–H and O–H groups in total. The number of rotatable bonds is 14. The van der Waals surface area contributed by atoms with Gasteiger partial charge in [-0.15, -0.1) is 0 Å². The lowest BCUT2D eigenvalue weighted by molar-refractivity contribution is -0.107. The van der Waals surface area contributed by atoms with E-state index in [2.05, 4.69) is 6.92 Å². The first-order chi connectivity index (χ1) is 11.7. The van der Waals surface area contributed by atoms with Crippen LogP contribution in [-0.2, 0) is 17.6 Å². The molecule has 0 saturated carbocycles. The fourth-order valence-electron chi connectivity index (χ4n) is 2.87. The molecule has 1 aromatic rings. The van der Waals surface area contributed by atoms with Gasteiger partial charge in [0.05, 0.1) is 5.56 Å². The molecule has 0 fully saturated rings. The molecule has 1 aromatic heterocycles. The summed E-state index contributed by atoms with van der Waals surface area (Å²) in [5.41, 5.74) is 0.0275. The zero-order chi connectivity index (χ0) is 17.6. The van der Waals surface area contributed by atoms with E-state index in [4.69, 9.17) is 4.42 Å². The van der Waals surface area contributed by atoms with Gasteiger partial charge in [-0.1, -0.05) is 51.9 Å². The van der Waals surface area contributed by atoms with Crippen LogP contribution in [0.4, 0.5) is 0 Å². The van der Waals surface area contributed by atoms with Crippen molar-refractivity contribution in [1.82, 2.24) is 0 Å². The van der Waals surface area contributed by atoms with Crippen LogP contribution in [0.2, 0.25) is 0 Å². The fraction of sp³-hybridized carbons (Fsp3) is 0.700. The third-order valence-corrected chi connectivity index (χ3v) is 4.35. The summed E-state index contributed by atoms with van der Waals surface area (Å²) >= 11 is 0. The minimum Gasteiger partial charge on any atom is -0.507 e. The van der Waals surface area contributed by atoms with Crippen LogP contribution in [0, 0.1) is 0 Å². The lowest BCUT2D eigenvalue weighted by atomic mass is 10.0. The quantitative estimate of drug-likeness (QED) is 0.386. The minimum atomic E-state index is -0.383. The Bertz CT molecular complexity index is 519. The summed E-state index contributed by atoms with van der Waals surface area (Å²) in [5.74, 6) is 0.676. The van der Waals surface area contributed by atoms with E-state index in [0.717, 1.165) is 57.7 Å². The summed E-state index contributed by atoms with van der Waals surface area (Å²) < 4.78 is 5.34. The Balaban J connectivity index is 2.32. The third kappa shape index (κ3) is 8.32. The van der Waals surface area contributed by atoms with Gasteiger partial charge in [-0.2, -0.15) is 0 Å². The second-order valence-corrected chi connectivity index (χ2v) is 6.50. The number of hydrogen-bond donors (Lipinski definition) is 1. The Hall–Kier alpha value is -1.58. The van der Waals surface area contributed by atoms with E-state index < -0.39 is 0 Å². The van der Waals surface area contributed by atoms with Crippen molar-refractivity contribution in [1.29, 1.82) is 0 Å². The van der Waals surface area contributed by atoms with Gasteiger partial charge >= 0.3 is 5.63 Å². The topological polar surface area (TPSA) is 67.5 Å². The van der Waals surface area contributed by atoms with Gasteiger partial charge in [0.15, 0.2) is 0 Å². The van der Waals surface area contributed by atoms with Crippen molar-refractivity contribution in [2.75, 3.05) is 0 Å². The molecule has 0 unspecified atom stereocenters. The number of carbonyl (C=O) groups is 1. The number of carbonyl (C=O) groups excluding carboxylic acids is 1. The number of hydrogen-bond acceptors (Lipinski definition) is 4. The molecular formula is C20H32O4. The number of aromatic hydroxyl groups is 1. The van der Waals surface area contributed by atoms with Gasteiger partial charge in [0.1, 0.15) is 17.8 Å². The molecule has 1 rings (SSSR count). The molecule has 0 saturated heterocycles. The summed E-state index contributed by atoms with van der Waals surface area (Å²) in [7, 11) is 0. The Labute approximate surface area is 145 Å². The van der Waals surface area contributed by atoms with Crippen molar-refractivity contribution in [3.8, 4) is 5.75 Å². The molecule has 24 heavy (non-hydrogen) atoms. The smallest absolute Gasteiger partial charge is 0.342 e. The van der Waals surface area contributed by atoms with Crippen molar-refractivity contribution in [3.05, 3.63) is 27.8 Å². The first kappa shape index (κ1) is 20.5. The fourth-order valence-corrected chi connectivity index (χ4v) is 2.87. The lowest BCUT2D eigenvalue weighted by Gasteiger charge is -2.06. The van der Waals surface area contributed by atoms with Gasteiger partial charge in [0.25, 0.3) is 0 Å². The maximum absolute atomic E-state index is 12.0. The van der Waals surface area contributed by atoms with Crippen LogP contribution in [0.15, 0.2) is 15.3 Å². The molecule has 0 spiro atoms. The molecule has 0 amide bonds. The highest BCUT2D eigenvalue weighted by molar-refractivity contribution is 5.48. The number of unbranched alkanes of at least 4 members (excludes halogenated alkanes) is 9. The Morgan fingerprint density at radius 3 is 2.25 bits per heavy atom. The summed E-state index contributed by atoms with van der Waals surface area (Å²) in [6, 6.07) is 1.61. The van der Waals surface area contributed by atoms with E-state index in [0.29, 0.717) is 30.6 Å². The van der Waals surface area contributed by atoms with Gasteiger partial charge in [-0.25, -0.2) is 4.79 Å². The Morgan fingerprint density at radius 1 is 0.958 bits per heavy atom. The maximum Gasteiger partial charge on any atom is 0.342 e. The molecular weight excluding hydrogens is 304 g/mol. The predicted octanol–water partition coefficient (Wildman–Crippen LogP) is 4.94. The second kappa shape index (κ2) is 12.8. The summed E-state index contributed by atoms with van der Waals surface area (Å²) in [6.45, 7) is 2.16. The normalized spacial score (nSPS) is 10.9. The summed E-state index contributed by atoms with van der Waals surface area (Å²) in [4.78, 5) is 22.2. The maximum atomic E-state index is 12.0. The standard InChI is InChI=1S/C20H32O4/c1-2-3-4-10-13-17-16-19(22)18(20(23)24-17)14-11-8-6-5-7-9-12-15-21/h15-16,22H,2-14H2,1H3. The third-order valence-electron chi connectivity index (χ3n) is 4.35. The highest BCUT2D eigenvalue weighted by atomic mass is 16.4. The molecule has 0 aliphatic rings. The molecule has 136 valence electrons. The lowest BCUT2D eigenvalue weighted by Crippen LogP contribution is -2.09. The van der Waals surface area contributed by atoms with E-state index in [1.54, 1.807) is 6.07 Å². The van der Waals surface area contributed by atoms with Crippen LogP contribution < -0.4 is 5.63 Å². The van der Waals surface area contributed by atoms with Crippen molar-refractivity contribution in [2.24, 2.45) is 0 Å². The minimum absolute atomic E-state index is 0.0859. The highest BCUT2D eigenvalue weighted by Crippen LogP contribution is 2.19. The average molecular weight is 336 g/mol. The SMILES string of the molecule is CCCCCCc1cc(O)c(CCCCCCCCC=O)c(=O)o1. The van der Waals surface area contributed by atoms with Gasteiger partial charge in [-0.05, 0) is 25.7 Å². The zero-order valence-electron chi connectivity index (χ0n) is 15.0. The van der Waals surface area contributed by atoms with E-state index in [1.807, 2.05) is 0 Å². The molecule has 0 atom stereocenters. The van der Waals surface area contributed by atoms with Crippen molar-refractivity contribution >= 4 is 6.29 Å². The van der Waals surface area contributed by atoms with Crippen LogP contribution in [-0.4, -0.2) is 11.4 Å². The molecule has 1 heterocycles. The van der Waals surface area contributed by atoms with Crippen LogP contribution in [0.1, 0.15) is 88.9 Å². The second-order valence-electron chi connectivity index (χ2n) is 6.50. The van der Waals surface area contributed by atoms with Crippen LogP contribution >= 0.6 is 0 Å². The molecule has 0 aliphatic carbocycles. The number of aldehydes is 1. The van der Waals surface area contributed by atoms with E-state index in [9.17, 15) is 14.7 Å². The Morgan fingerprint density at radius 2 is 1.58 bits per heavy atom. The molecule has 0 aromatic carbocycles. The highest BCUT2D eigenvalue weighted by Gasteiger charge is 2.11. The van der Waals surface area contributed by atoms with Crippen LogP contribution in [0.5, 0.6) is 5.75 Å². The zero-order valence-corrected chi connectivity index (χ0v) is 15.0. The molecule has 0 aliphatic heterocycles. The first-order valence-electron chi connectivity index (χ1n) is 9.47. The number of aryl methyl sites for hydroxylation is 1. The average Bonchev–Trinajstić information content (AvgIpc) is 2.56. The van der Waals surface area contributed by atoms with Gasteiger partial charge in [0.2, 0.25) is 0 Å². The molecule has 0 bridgehead atoms. The van der Waals surface area contributed by atoms with Crippen molar-refractivity contribution in [3.63, 3.8) is 0 Å². The van der Waals surface area contributed by atoms with Crippen molar-refractivity contribution < 1.29 is 14.3 Å². The predicted molar refractivity (Wildman–Crippen MR) is 96.6 cm³/mol. The van der Waals surface area contributed by atoms with E-state index in [-0.39, 0.29) is 11.4 Å². The van der Waals surface area contributed by atoms with Crippen LogP contribution in [0.25, 0.3) is 0 Å². The molecule has 4 nitrogen and oxygen atoms in total. The van der Waals surface area contributed by atoms with Gasteiger partial charge < -0.3 is 14.3 Å².